The number of amides is 1. The molecule has 0 fully saturated rings. The summed E-state index contributed by atoms with van der Waals surface area (Å²) in [6.07, 6.45) is 0. The number of benzene rings is 2. The second-order valence-corrected chi connectivity index (χ2v) is 6.47. The number of nitrogens with zero attached hydrogens (tertiary/aromatic N) is 1. The number of rotatable bonds is 4. The number of anilines is 1. The van der Waals surface area contributed by atoms with Crippen molar-refractivity contribution >= 4 is 38.9 Å². The van der Waals surface area contributed by atoms with Crippen molar-refractivity contribution in [2.45, 2.75) is 6.54 Å². The largest absolute Gasteiger partial charge is 0.303 e. The highest BCUT2D eigenvalue weighted by molar-refractivity contribution is 9.10. The van der Waals surface area contributed by atoms with E-state index in [4.69, 9.17) is 0 Å². The Morgan fingerprint density at radius 1 is 1.00 bits per heavy atom. The lowest BCUT2D eigenvalue weighted by Crippen LogP contribution is -2.30. The Hall–Kier alpha value is -1.91. The molecule has 1 amide bonds. The first-order valence-electron chi connectivity index (χ1n) is 6.88. The zero-order chi connectivity index (χ0) is 15.4. The molecule has 0 aliphatic carbocycles. The summed E-state index contributed by atoms with van der Waals surface area (Å²) in [6, 6.07) is 19.7. The van der Waals surface area contributed by atoms with E-state index in [2.05, 4.69) is 15.9 Å². The first-order valence-corrected chi connectivity index (χ1v) is 8.62. The van der Waals surface area contributed by atoms with Crippen LogP contribution in [0.2, 0.25) is 0 Å². The molecule has 0 spiro atoms. The Kier molecular flexibility index (Phi) is 4.71. The molecule has 3 rings (SSSR count). The van der Waals surface area contributed by atoms with Gasteiger partial charge in [-0.1, -0.05) is 42.5 Å². The highest BCUT2D eigenvalue weighted by Gasteiger charge is 2.20. The maximum atomic E-state index is 12.9. The predicted octanol–water partition coefficient (Wildman–Crippen LogP) is 5.36. The first-order chi connectivity index (χ1) is 10.8. The van der Waals surface area contributed by atoms with Crippen LogP contribution in [0.25, 0.3) is 0 Å². The van der Waals surface area contributed by atoms with E-state index in [1.54, 1.807) is 0 Å². The molecule has 1 aromatic heterocycles. The summed E-state index contributed by atoms with van der Waals surface area (Å²) in [7, 11) is 0. The van der Waals surface area contributed by atoms with Crippen LogP contribution in [0.1, 0.15) is 15.9 Å². The van der Waals surface area contributed by atoms with Crippen LogP contribution in [-0.4, -0.2) is 5.91 Å². The Morgan fingerprint density at radius 2 is 1.73 bits per heavy atom. The smallest absolute Gasteiger partial charge is 0.259 e. The highest BCUT2D eigenvalue weighted by Crippen LogP contribution is 2.29. The quantitative estimate of drug-likeness (QED) is 0.604. The van der Waals surface area contributed by atoms with Gasteiger partial charge in [-0.3, -0.25) is 4.79 Å². The predicted molar refractivity (Wildman–Crippen MR) is 95.4 cm³/mol. The van der Waals surface area contributed by atoms with Gasteiger partial charge in [0, 0.05) is 9.85 Å². The topological polar surface area (TPSA) is 20.3 Å². The molecule has 1 heterocycles. The summed E-state index contributed by atoms with van der Waals surface area (Å²) in [4.78, 5) is 14.7. The van der Waals surface area contributed by atoms with Gasteiger partial charge in [0.25, 0.3) is 5.91 Å². The number of thiophene rings is 1. The fourth-order valence-corrected chi connectivity index (χ4v) is 3.37. The summed E-state index contributed by atoms with van der Waals surface area (Å²) in [5, 5.41) is 3.81. The molecule has 0 radical (unpaired) electrons. The molecule has 0 saturated heterocycles. The van der Waals surface area contributed by atoms with Crippen LogP contribution in [0.4, 0.5) is 5.69 Å². The molecule has 2 aromatic carbocycles. The number of para-hydroxylation sites is 1. The van der Waals surface area contributed by atoms with E-state index < -0.39 is 0 Å². The number of hydrogen-bond acceptors (Lipinski definition) is 2. The average Bonchev–Trinajstić information content (AvgIpc) is 3.08. The van der Waals surface area contributed by atoms with E-state index in [0.717, 1.165) is 21.3 Å². The van der Waals surface area contributed by atoms with Crippen molar-refractivity contribution in [2.24, 2.45) is 0 Å². The average molecular weight is 372 g/mol. The SMILES string of the molecule is O=C(c1ccsc1)N(Cc1ccccc1)c1ccccc1Br. The minimum atomic E-state index is 0.0111. The molecule has 0 atom stereocenters. The van der Waals surface area contributed by atoms with Gasteiger partial charge in [-0.15, -0.1) is 0 Å². The maximum Gasteiger partial charge on any atom is 0.259 e. The molecule has 3 aromatic rings. The van der Waals surface area contributed by atoms with Gasteiger partial charge >= 0.3 is 0 Å². The van der Waals surface area contributed by atoms with Crippen LogP contribution in [0.3, 0.4) is 0 Å². The van der Waals surface area contributed by atoms with Crippen LogP contribution in [0.5, 0.6) is 0 Å². The lowest BCUT2D eigenvalue weighted by molar-refractivity contribution is 0.0985. The lowest BCUT2D eigenvalue weighted by Gasteiger charge is -2.24. The van der Waals surface area contributed by atoms with Gasteiger partial charge in [0.05, 0.1) is 17.8 Å². The van der Waals surface area contributed by atoms with Crippen molar-refractivity contribution < 1.29 is 4.79 Å². The standard InChI is InChI=1S/C18H14BrNOS/c19-16-8-4-5-9-17(16)20(12-14-6-2-1-3-7-14)18(21)15-10-11-22-13-15/h1-11,13H,12H2. The van der Waals surface area contributed by atoms with Crippen molar-refractivity contribution in [2.75, 3.05) is 4.90 Å². The van der Waals surface area contributed by atoms with Gasteiger partial charge in [0.15, 0.2) is 0 Å². The molecule has 0 bridgehead atoms. The van der Waals surface area contributed by atoms with Gasteiger partial charge < -0.3 is 4.90 Å². The van der Waals surface area contributed by atoms with Gasteiger partial charge in [-0.05, 0) is 45.1 Å². The fraction of sp³-hybridized carbons (Fsp3) is 0.0556. The van der Waals surface area contributed by atoms with Crippen molar-refractivity contribution in [3.05, 3.63) is 87.0 Å². The number of hydrogen-bond donors (Lipinski definition) is 0. The van der Waals surface area contributed by atoms with Crippen LogP contribution in [-0.2, 0) is 6.54 Å². The molecule has 0 saturated carbocycles. The van der Waals surface area contributed by atoms with Crippen molar-refractivity contribution in [3.8, 4) is 0 Å². The molecule has 110 valence electrons. The van der Waals surface area contributed by atoms with Crippen LogP contribution < -0.4 is 4.90 Å². The Balaban J connectivity index is 1.99. The van der Waals surface area contributed by atoms with Gasteiger partial charge in [-0.25, -0.2) is 0 Å². The summed E-state index contributed by atoms with van der Waals surface area (Å²) in [5.41, 5.74) is 2.70. The molecule has 2 nitrogen and oxygen atoms in total. The second-order valence-electron chi connectivity index (χ2n) is 4.84. The van der Waals surface area contributed by atoms with E-state index in [0.29, 0.717) is 6.54 Å². The summed E-state index contributed by atoms with van der Waals surface area (Å²) in [6.45, 7) is 0.540. The van der Waals surface area contributed by atoms with E-state index >= 15 is 0 Å². The van der Waals surface area contributed by atoms with Crippen molar-refractivity contribution in [3.63, 3.8) is 0 Å². The summed E-state index contributed by atoms with van der Waals surface area (Å²) in [5.74, 6) is 0.0111. The number of carbonyl (C=O) groups excluding carboxylic acids is 1. The van der Waals surface area contributed by atoms with Crippen LogP contribution >= 0.6 is 27.3 Å². The summed E-state index contributed by atoms with van der Waals surface area (Å²) < 4.78 is 0.912. The zero-order valence-electron chi connectivity index (χ0n) is 11.8. The Morgan fingerprint density at radius 3 is 2.41 bits per heavy atom. The Bertz CT molecular complexity index is 756. The third-order valence-corrected chi connectivity index (χ3v) is 4.69. The molecule has 0 N–H and O–H groups in total. The molecule has 0 aliphatic heterocycles. The summed E-state index contributed by atoms with van der Waals surface area (Å²) >= 11 is 5.08. The van der Waals surface area contributed by atoms with Gasteiger partial charge in [0.1, 0.15) is 0 Å². The maximum absolute atomic E-state index is 12.9. The molecule has 0 unspecified atom stereocenters. The number of halogens is 1. The zero-order valence-corrected chi connectivity index (χ0v) is 14.2. The van der Waals surface area contributed by atoms with Crippen LogP contribution in [0.15, 0.2) is 75.9 Å². The van der Waals surface area contributed by atoms with Crippen molar-refractivity contribution in [1.29, 1.82) is 0 Å². The number of carbonyl (C=O) groups is 1. The highest BCUT2D eigenvalue weighted by atomic mass is 79.9. The van der Waals surface area contributed by atoms with Gasteiger partial charge in [-0.2, -0.15) is 11.3 Å². The van der Waals surface area contributed by atoms with E-state index in [-0.39, 0.29) is 5.91 Å². The molecule has 22 heavy (non-hydrogen) atoms. The Labute approximate surface area is 142 Å². The van der Waals surface area contributed by atoms with E-state index in [9.17, 15) is 4.79 Å². The minimum absolute atomic E-state index is 0.0111. The molecule has 4 heteroatoms. The van der Waals surface area contributed by atoms with E-state index in [1.165, 1.54) is 11.3 Å². The first kappa shape index (κ1) is 15.0. The van der Waals surface area contributed by atoms with Gasteiger partial charge in [0.2, 0.25) is 0 Å². The third kappa shape index (κ3) is 3.29. The fourth-order valence-electron chi connectivity index (χ4n) is 2.24. The lowest BCUT2D eigenvalue weighted by atomic mass is 10.1. The third-order valence-electron chi connectivity index (χ3n) is 3.34. The van der Waals surface area contributed by atoms with Crippen molar-refractivity contribution in [1.82, 2.24) is 0 Å². The second kappa shape index (κ2) is 6.90. The molecular formula is C18H14BrNOS. The molecular weight excluding hydrogens is 358 g/mol. The normalized spacial score (nSPS) is 10.4. The monoisotopic (exact) mass is 371 g/mol. The van der Waals surface area contributed by atoms with E-state index in [1.807, 2.05) is 76.3 Å². The van der Waals surface area contributed by atoms with Crippen LogP contribution in [0, 0.1) is 0 Å². The minimum Gasteiger partial charge on any atom is -0.303 e. The molecule has 0 aliphatic rings.